The van der Waals surface area contributed by atoms with Gasteiger partial charge in [-0.3, -0.25) is 0 Å². The topological polar surface area (TPSA) is 112 Å². The molecular formula is C42H31O6Ti-. The van der Waals surface area contributed by atoms with Crippen LogP contribution in [0.4, 0.5) is 0 Å². The number of carboxylic acids is 3. The van der Waals surface area contributed by atoms with Crippen molar-refractivity contribution < 1.29 is 51.4 Å². The minimum Gasteiger partial charge on any atom is -0.478 e. The Kier molecular flexibility index (Phi) is 12.7. The first kappa shape index (κ1) is 35.9. The van der Waals surface area contributed by atoms with Gasteiger partial charge in [-0.05, 0) is 50.5 Å². The first-order valence-electron chi connectivity index (χ1n) is 15.1. The maximum absolute atomic E-state index is 10.8. The van der Waals surface area contributed by atoms with Crippen LogP contribution in [-0.4, -0.2) is 33.2 Å². The molecule has 0 bridgehead atoms. The van der Waals surface area contributed by atoms with E-state index in [1.54, 1.807) is 36.4 Å². The standard InChI is InChI=1S/3C11H8O2.C9H7.Ti/c3*12-11(13)10-7-3-5-8-4-1-2-6-9(8)10;1-2-5-9-7-3-6-8(9)4-1;/h3*1-7H,(H,12,13);1-7H;/q;;;-1;. The number of hydrogen-bond acceptors (Lipinski definition) is 3. The van der Waals surface area contributed by atoms with E-state index in [0.717, 1.165) is 32.3 Å². The molecule has 49 heavy (non-hydrogen) atoms. The third-order valence-corrected chi connectivity index (χ3v) is 7.61. The van der Waals surface area contributed by atoms with Gasteiger partial charge >= 0.3 is 17.9 Å². The van der Waals surface area contributed by atoms with Gasteiger partial charge in [0.1, 0.15) is 0 Å². The third kappa shape index (κ3) is 9.11. The molecule has 0 radical (unpaired) electrons. The Morgan fingerprint density at radius 1 is 0.367 bits per heavy atom. The van der Waals surface area contributed by atoms with Crippen molar-refractivity contribution in [2.24, 2.45) is 0 Å². The Morgan fingerprint density at radius 2 is 0.673 bits per heavy atom. The van der Waals surface area contributed by atoms with E-state index in [9.17, 15) is 14.4 Å². The van der Waals surface area contributed by atoms with Crippen molar-refractivity contribution in [3.8, 4) is 0 Å². The van der Waals surface area contributed by atoms with Crippen LogP contribution in [0.1, 0.15) is 31.1 Å². The summed E-state index contributed by atoms with van der Waals surface area (Å²) in [6.07, 6.45) is 0. The third-order valence-electron chi connectivity index (χ3n) is 7.61. The molecule has 8 aromatic rings. The van der Waals surface area contributed by atoms with Crippen LogP contribution in [0.2, 0.25) is 0 Å². The van der Waals surface area contributed by atoms with Crippen LogP contribution in [0, 0.1) is 0 Å². The number of fused-ring (bicyclic) bond motifs is 4. The zero-order chi connectivity index (χ0) is 33.9. The quantitative estimate of drug-likeness (QED) is 0.127. The molecule has 0 amide bonds. The molecule has 0 atom stereocenters. The Morgan fingerprint density at radius 3 is 1.02 bits per heavy atom. The summed E-state index contributed by atoms with van der Waals surface area (Å²) in [7, 11) is 0. The normalized spacial score (nSPS) is 9.96. The summed E-state index contributed by atoms with van der Waals surface area (Å²) in [5.74, 6) is -2.63. The first-order valence-corrected chi connectivity index (χ1v) is 15.1. The first-order chi connectivity index (χ1) is 23.3. The molecule has 0 aliphatic rings. The number of carbonyl (C=O) groups is 3. The minimum absolute atomic E-state index is 0. The number of aromatic carboxylic acids is 3. The van der Waals surface area contributed by atoms with Crippen LogP contribution in [-0.2, 0) is 21.7 Å². The van der Waals surface area contributed by atoms with E-state index in [1.165, 1.54) is 10.8 Å². The molecule has 0 heterocycles. The molecule has 8 aromatic carbocycles. The molecule has 0 spiro atoms. The van der Waals surface area contributed by atoms with E-state index in [1.807, 2.05) is 91.0 Å². The fourth-order valence-corrected chi connectivity index (χ4v) is 5.31. The summed E-state index contributed by atoms with van der Waals surface area (Å²) in [5, 5.41) is 34.6. The van der Waals surface area contributed by atoms with Crippen molar-refractivity contribution in [1.82, 2.24) is 0 Å². The average Bonchev–Trinajstić information content (AvgIpc) is 3.61. The van der Waals surface area contributed by atoms with E-state index in [4.69, 9.17) is 15.3 Å². The van der Waals surface area contributed by atoms with Gasteiger partial charge < -0.3 is 15.3 Å². The minimum atomic E-state index is -0.878. The van der Waals surface area contributed by atoms with E-state index >= 15 is 0 Å². The molecule has 0 aliphatic heterocycles. The van der Waals surface area contributed by atoms with Gasteiger partial charge in [0.05, 0.1) is 16.7 Å². The monoisotopic (exact) mass is 679 g/mol. The Hall–Kier alpha value is -5.95. The summed E-state index contributed by atoms with van der Waals surface area (Å²) < 4.78 is 0. The summed E-state index contributed by atoms with van der Waals surface area (Å²) in [4.78, 5) is 32.4. The summed E-state index contributed by atoms with van der Waals surface area (Å²) in [6, 6.07) is 52.9. The molecule has 240 valence electrons. The fraction of sp³-hybridized carbons (Fsp3) is 0. The molecule has 3 N–H and O–H groups in total. The molecule has 0 unspecified atom stereocenters. The Balaban J connectivity index is 0.000000147. The van der Waals surface area contributed by atoms with Gasteiger partial charge in [-0.2, -0.15) is 17.5 Å². The largest absolute Gasteiger partial charge is 0.478 e. The molecular weight excluding hydrogens is 648 g/mol. The van der Waals surface area contributed by atoms with Crippen LogP contribution in [0.15, 0.2) is 170 Å². The van der Waals surface area contributed by atoms with Crippen molar-refractivity contribution in [1.29, 1.82) is 0 Å². The van der Waals surface area contributed by atoms with Gasteiger partial charge in [-0.25, -0.2) is 14.4 Å². The maximum Gasteiger partial charge on any atom is 0.336 e. The van der Waals surface area contributed by atoms with Crippen LogP contribution < -0.4 is 0 Å². The summed E-state index contributed by atoms with van der Waals surface area (Å²) in [6.45, 7) is 0. The molecule has 0 saturated carbocycles. The van der Waals surface area contributed by atoms with Crippen molar-refractivity contribution in [2.45, 2.75) is 0 Å². The van der Waals surface area contributed by atoms with Crippen molar-refractivity contribution in [2.75, 3.05) is 0 Å². The summed E-state index contributed by atoms with van der Waals surface area (Å²) in [5.41, 5.74) is 1.08. The Bertz CT molecular complexity index is 2100. The Labute approximate surface area is 297 Å². The van der Waals surface area contributed by atoms with Crippen molar-refractivity contribution >= 4 is 61.0 Å². The van der Waals surface area contributed by atoms with E-state index in [-0.39, 0.29) is 21.7 Å². The van der Waals surface area contributed by atoms with Gasteiger partial charge in [-0.1, -0.05) is 115 Å². The average molecular weight is 680 g/mol. The molecule has 8 rings (SSSR count). The second kappa shape index (κ2) is 17.3. The van der Waals surface area contributed by atoms with Crippen molar-refractivity contribution in [3.05, 3.63) is 187 Å². The SMILES string of the molecule is O=C(O)c1cccc2ccccc12.O=C(O)c1cccc2ccccc12.O=C(O)c1cccc2ccccc12.[Ti].c1ccc2[cH-]ccc2c1. The van der Waals surface area contributed by atoms with Gasteiger partial charge in [0.25, 0.3) is 0 Å². The molecule has 0 saturated heterocycles. The smallest absolute Gasteiger partial charge is 0.336 e. The maximum atomic E-state index is 10.8. The fourth-order valence-electron chi connectivity index (χ4n) is 5.31. The van der Waals surface area contributed by atoms with Gasteiger partial charge in [0.2, 0.25) is 0 Å². The van der Waals surface area contributed by atoms with Crippen LogP contribution in [0.3, 0.4) is 0 Å². The predicted molar refractivity (Wildman–Crippen MR) is 192 cm³/mol. The van der Waals surface area contributed by atoms with Gasteiger partial charge in [-0.15, -0.1) is 29.7 Å². The molecule has 0 aliphatic carbocycles. The van der Waals surface area contributed by atoms with Gasteiger partial charge in [0.15, 0.2) is 0 Å². The zero-order valence-corrected chi connectivity index (χ0v) is 27.8. The van der Waals surface area contributed by atoms with E-state index in [0.29, 0.717) is 16.7 Å². The van der Waals surface area contributed by atoms with E-state index in [2.05, 4.69) is 42.5 Å². The molecule has 6 nitrogen and oxygen atoms in total. The molecule has 0 fully saturated rings. The van der Waals surface area contributed by atoms with Crippen molar-refractivity contribution in [3.63, 3.8) is 0 Å². The van der Waals surface area contributed by atoms with Gasteiger partial charge in [0, 0.05) is 21.7 Å². The number of hydrogen-bond donors (Lipinski definition) is 3. The molecule has 0 aromatic heterocycles. The van der Waals surface area contributed by atoms with Crippen LogP contribution >= 0.6 is 0 Å². The second-order valence-corrected chi connectivity index (χ2v) is 10.7. The number of rotatable bonds is 3. The van der Waals surface area contributed by atoms with Crippen LogP contribution in [0.5, 0.6) is 0 Å². The second-order valence-electron chi connectivity index (χ2n) is 10.7. The zero-order valence-electron chi connectivity index (χ0n) is 26.2. The number of benzene rings is 7. The number of carboxylic acid groups (broad SMARTS) is 3. The van der Waals surface area contributed by atoms with Crippen LogP contribution in [0.25, 0.3) is 43.1 Å². The predicted octanol–water partition coefficient (Wildman–Crippen LogP) is 10.2. The van der Waals surface area contributed by atoms with E-state index < -0.39 is 17.9 Å². The summed E-state index contributed by atoms with van der Waals surface area (Å²) >= 11 is 0. The molecule has 7 heteroatoms.